The van der Waals surface area contributed by atoms with Crippen LogP contribution in [0.5, 0.6) is 0 Å². The van der Waals surface area contributed by atoms with E-state index in [1.807, 2.05) is 0 Å². The van der Waals surface area contributed by atoms with Crippen molar-refractivity contribution >= 4 is 33.6 Å². The first-order valence-electron chi connectivity index (χ1n) is 9.49. The van der Waals surface area contributed by atoms with Crippen LogP contribution < -0.4 is 5.46 Å². The van der Waals surface area contributed by atoms with Gasteiger partial charge < -0.3 is 9.31 Å². The molecule has 0 atom stereocenters. The Labute approximate surface area is 178 Å². The quantitative estimate of drug-likeness (QED) is 0.571. The van der Waals surface area contributed by atoms with Crippen molar-refractivity contribution in [3.8, 4) is 0 Å². The molecule has 0 amide bonds. The SMILES string of the molecule is Cc1ccc(S(=O)(=O)n2c(F)c(B3OC(C)(C)C(C)(C)O3)c3c(F)c(F)cnc32)cc1. The van der Waals surface area contributed by atoms with Crippen LogP contribution in [0.25, 0.3) is 11.0 Å². The molecule has 0 N–H and O–H groups in total. The zero-order chi connectivity index (χ0) is 22.9. The molecular formula is C20H20BF3N2O4S. The van der Waals surface area contributed by atoms with E-state index >= 15 is 4.39 Å². The molecule has 0 saturated carbocycles. The van der Waals surface area contributed by atoms with E-state index in [-0.39, 0.29) is 8.87 Å². The van der Waals surface area contributed by atoms with Crippen molar-refractivity contribution in [2.75, 3.05) is 0 Å². The molecule has 2 aromatic heterocycles. The minimum absolute atomic E-state index is 0.235. The number of fused-ring (bicyclic) bond motifs is 1. The second-order valence-corrected chi connectivity index (χ2v) is 10.3. The normalized spacial score (nSPS) is 18.1. The summed E-state index contributed by atoms with van der Waals surface area (Å²) in [5.74, 6) is -4.15. The summed E-state index contributed by atoms with van der Waals surface area (Å²) in [5, 5.41) is -0.647. The van der Waals surface area contributed by atoms with E-state index in [1.165, 1.54) is 12.1 Å². The van der Waals surface area contributed by atoms with Gasteiger partial charge in [0.1, 0.15) is 0 Å². The second-order valence-electron chi connectivity index (χ2n) is 8.49. The Bertz CT molecular complexity index is 1290. The number of benzene rings is 1. The molecular weight excluding hydrogens is 432 g/mol. The van der Waals surface area contributed by atoms with E-state index in [9.17, 15) is 17.2 Å². The number of nitrogens with zero attached hydrogens (tertiary/aromatic N) is 2. The van der Waals surface area contributed by atoms with Gasteiger partial charge in [0.2, 0.25) is 5.95 Å². The Kier molecular flexibility index (Phi) is 4.80. The maximum atomic E-state index is 15.7. The number of halogens is 3. The first-order chi connectivity index (χ1) is 14.3. The Balaban J connectivity index is 2.03. The van der Waals surface area contributed by atoms with E-state index in [0.717, 1.165) is 5.56 Å². The molecule has 4 rings (SSSR count). The topological polar surface area (TPSA) is 70.4 Å². The number of aromatic nitrogens is 2. The van der Waals surface area contributed by atoms with Gasteiger partial charge in [-0.25, -0.2) is 22.2 Å². The summed E-state index contributed by atoms with van der Waals surface area (Å²) < 4.78 is 82.9. The highest BCUT2D eigenvalue weighted by Gasteiger charge is 2.54. The standard InChI is InChI=1S/C20H20BF3N2O4S/c1-11-6-8-12(9-7-11)31(27,28)26-17(24)15(14-16(23)13(22)10-25-18(14)26)21-29-19(2,3)20(4,5)30-21/h6-10H,1-5H3. The average molecular weight is 452 g/mol. The molecule has 0 unspecified atom stereocenters. The lowest BCUT2D eigenvalue weighted by molar-refractivity contribution is 0.00578. The number of aryl methyl sites for hydroxylation is 1. The summed E-state index contributed by atoms with van der Waals surface area (Å²) in [4.78, 5) is 3.46. The van der Waals surface area contributed by atoms with Crippen LogP contribution in [0, 0.1) is 24.5 Å². The molecule has 1 aliphatic rings. The molecule has 11 heteroatoms. The monoisotopic (exact) mass is 452 g/mol. The van der Waals surface area contributed by atoms with Gasteiger partial charge in [0, 0.05) is 0 Å². The van der Waals surface area contributed by atoms with E-state index in [1.54, 1.807) is 46.8 Å². The van der Waals surface area contributed by atoms with Gasteiger partial charge >= 0.3 is 7.12 Å². The molecule has 0 aliphatic carbocycles. The van der Waals surface area contributed by atoms with Crippen LogP contribution in [0.4, 0.5) is 13.2 Å². The lowest BCUT2D eigenvalue weighted by Crippen LogP contribution is -2.41. The van der Waals surface area contributed by atoms with E-state index < -0.39 is 62.4 Å². The van der Waals surface area contributed by atoms with Crippen LogP contribution >= 0.6 is 0 Å². The van der Waals surface area contributed by atoms with Crippen molar-refractivity contribution in [1.29, 1.82) is 0 Å². The largest absolute Gasteiger partial charge is 0.500 e. The van der Waals surface area contributed by atoms with Crippen LogP contribution in [-0.2, 0) is 19.3 Å². The molecule has 1 fully saturated rings. The maximum absolute atomic E-state index is 15.7. The molecule has 164 valence electrons. The predicted molar refractivity (Wildman–Crippen MR) is 109 cm³/mol. The summed E-state index contributed by atoms with van der Waals surface area (Å²) in [6.07, 6.45) is 0.506. The van der Waals surface area contributed by atoms with Gasteiger partial charge in [0.15, 0.2) is 17.3 Å². The summed E-state index contributed by atoms with van der Waals surface area (Å²) in [7, 11) is -6.00. The molecule has 3 aromatic rings. The van der Waals surface area contributed by atoms with Gasteiger partial charge in [-0.2, -0.15) is 8.36 Å². The van der Waals surface area contributed by atoms with Crippen molar-refractivity contribution in [3.63, 3.8) is 0 Å². The van der Waals surface area contributed by atoms with Crippen LogP contribution in [0.2, 0.25) is 0 Å². The predicted octanol–water partition coefficient (Wildman–Crippen LogP) is 3.30. The smallest absolute Gasteiger partial charge is 0.399 e. The Morgan fingerprint density at radius 2 is 1.55 bits per heavy atom. The highest BCUT2D eigenvalue weighted by molar-refractivity contribution is 7.90. The highest BCUT2D eigenvalue weighted by atomic mass is 32.2. The Morgan fingerprint density at radius 1 is 1.00 bits per heavy atom. The van der Waals surface area contributed by atoms with Crippen LogP contribution in [-0.4, -0.2) is 35.7 Å². The van der Waals surface area contributed by atoms with Crippen molar-refractivity contribution in [2.24, 2.45) is 0 Å². The molecule has 31 heavy (non-hydrogen) atoms. The molecule has 0 bridgehead atoms. The first kappa shape index (κ1) is 21.9. The third-order valence-electron chi connectivity index (χ3n) is 5.86. The Morgan fingerprint density at radius 3 is 2.10 bits per heavy atom. The Hall–Kier alpha value is -2.37. The van der Waals surface area contributed by atoms with Gasteiger partial charge in [-0.1, -0.05) is 17.7 Å². The third kappa shape index (κ3) is 3.17. The van der Waals surface area contributed by atoms with Crippen LogP contribution in [0.3, 0.4) is 0 Å². The molecule has 1 aliphatic heterocycles. The van der Waals surface area contributed by atoms with E-state index in [2.05, 4.69) is 4.98 Å². The van der Waals surface area contributed by atoms with Gasteiger partial charge in [-0.15, -0.1) is 0 Å². The lowest BCUT2D eigenvalue weighted by Gasteiger charge is -2.32. The highest BCUT2D eigenvalue weighted by Crippen LogP contribution is 2.38. The van der Waals surface area contributed by atoms with E-state index in [0.29, 0.717) is 6.20 Å². The number of rotatable bonds is 3. The van der Waals surface area contributed by atoms with Crippen LogP contribution in [0.1, 0.15) is 33.3 Å². The summed E-state index contributed by atoms with van der Waals surface area (Å²) in [6.45, 7) is 8.55. The number of hydrogen-bond donors (Lipinski definition) is 0. The zero-order valence-electron chi connectivity index (χ0n) is 17.5. The van der Waals surface area contributed by atoms with Gasteiger partial charge in [-0.05, 0) is 46.8 Å². The third-order valence-corrected chi connectivity index (χ3v) is 7.55. The summed E-state index contributed by atoms with van der Waals surface area (Å²) >= 11 is 0. The van der Waals surface area contributed by atoms with Gasteiger partial charge in [0.25, 0.3) is 10.0 Å². The number of pyridine rings is 1. The molecule has 1 saturated heterocycles. The maximum Gasteiger partial charge on any atom is 0.500 e. The fraction of sp³-hybridized carbons (Fsp3) is 0.350. The number of hydrogen-bond acceptors (Lipinski definition) is 5. The van der Waals surface area contributed by atoms with Gasteiger partial charge in [0.05, 0.1) is 33.1 Å². The van der Waals surface area contributed by atoms with Crippen molar-refractivity contribution < 1.29 is 30.9 Å². The van der Waals surface area contributed by atoms with Crippen LogP contribution in [0.15, 0.2) is 35.4 Å². The average Bonchev–Trinajstić information content (AvgIpc) is 3.08. The second kappa shape index (κ2) is 6.82. The molecule has 0 radical (unpaired) electrons. The zero-order valence-corrected chi connectivity index (χ0v) is 18.4. The minimum atomic E-state index is -4.53. The minimum Gasteiger partial charge on any atom is -0.399 e. The fourth-order valence-corrected chi connectivity index (χ4v) is 4.73. The summed E-state index contributed by atoms with van der Waals surface area (Å²) in [6, 6.07) is 5.67. The van der Waals surface area contributed by atoms with E-state index in [4.69, 9.17) is 9.31 Å². The molecule has 6 nitrogen and oxygen atoms in total. The summed E-state index contributed by atoms with van der Waals surface area (Å²) in [5.41, 5.74) is -2.21. The molecule has 3 heterocycles. The molecule has 0 spiro atoms. The van der Waals surface area contributed by atoms with Crippen molar-refractivity contribution in [3.05, 3.63) is 53.6 Å². The van der Waals surface area contributed by atoms with Gasteiger partial charge in [-0.3, -0.25) is 0 Å². The molecule has 1 aromatic carbocycles. The van der Waals surface area contributed by atoms with Crippen molar-refractivity contribution in [1.82, 2.24) is 8.96 Å². The first-order valence-corrected chi connectivity index (χ1v) is 10.9. The van der Waals surface area contributed by atoms with Crippen molar-refractivity contribution in [2.45, 2.75) is 50.7 Å². The fourth-order valence-electron chi connectivity index (χ4n) is 3.37. The lowest BCUT2D eigenvalue weighted by atomic mass is 9.78.